The molecule has 1 atom stereocenters. The number of nitrogens with two attached hydrogens (primary N) is 1. The van der Waals surface area contributed by atoms with Crippen molar-refractivity contribution >= 4 is 23.2 Å². The van der Waals surface area contributed by atoms with Crippen molar-refractivity contribution in [2.24, 2.45) is 5.73 Å². The second-order valence-corrected chi connectivity index (χ2v) is 6.22. The van der Waals surface area contributed by atoms with Crippen LogP contribution in [0.4, 0.5) is 0 Å². The lowest BCUT2D eigenvalue weighted by Crippen LogP contribution is -2.13. The maximum atomic E-state index is 6.25. The summed E-state index contributed by atoms with van der Waals surface area (Å²) in [5.74, 6) is 0.545. The summed E-state index contributed by atoms with van der Waals surface area (Å²) in [5, 5.41) is 1.26. The molecule has 1 nitrogen and oxygen atoms in total. The smallest absolute Gasteiger partial charge is 0.0468 e. The highest BCUT2D eigenvalue weighted by atomic mass is 35.5. The van der Waals surface area contributed by atoms with Crippen LogP contribution in [0.3, 0.4) is 0 Å². The predicted molar refractivity (Wildman–Crippen MR) is 87.6 cm³/mol. The van der Waals surface area contributed by atoms with Crippen molar-refractivity contribution in [3.05, 3.63) is 69.2 Å². The molecule has 0 bridgehead atoms. The molecule has 0 heterocycles. The average molecular weight is 308 g/mol. The van der Waals surface area contributed by atoms with Gasteiger partial charge in [0, 0.05) is 16.1 Å². The van der Waals surface area contributed by atoms with Gasteiger partial charge >= 0.3 is 0 Å². The van der Waals surface area contributed by atoms with Crippen LogP contribution in [0.25, 0.3) is 0 Å². The van der Waals surface area contributed by atoms with Gasteiger partial charge in [0.15, 0.2) is 0 Å². The SMILES string of the molecule is CC(C)c1ccc(CC(N)c2ccc(Cl)cc2Cl)cc1. The van der Waals surface area contributed by atoms with E-state index in [1.807, 2.05) is 12.1 Å². The van der Waals surface area contributed by atoms with Crippen molar-refractivity contribution in [2.75, 3.05) is 0 Å². The highest BCUT2D eigenvalue weighted by Crippen LogP contribution is 2.27. The van der Waals surface area contributed by atoms with Crippen LogP contribution in [0.1, 0.15) is 42.5 Å². The zero-order valence-corrected chi connectivity index (χ0v) is 13.2. The van der Waals surface area contributed by atoms with Gasteiger partial charge in [0.25, 0.3) is 0 Å². The summed E-state index contributed by atoms with van der Waals surface area (Å²) in [6.45, 7) is 4.38. The van der Waals surface area contributed by atoms with Crippen LogP contribution < -0.4 is 5.73 Å². The Balaban J connectivity index is 2.12. The Morgan fingerprint density at radius 1 is 1.00 bits per heavy atom. The van der Waals surface area contributed by atoms with E-state index in [1.165, 1.54) is 11.1 Å². The van der Waals surface area contributed by atoms with Crippen molar-refractivity contribution < 1.29 is 0 Å². The van der Waals surface area contributed by atoms with Crippen LogP contribution in [-0.4, -0.2) is 0 Å². The van der Waals surface area contributed by atoms with Crippen LogP contribution in [0.15, 0.2) is 42.5 Å². The molecule has 0 amide bonds. The fraction of sp³-hybridized carbons (Fsp3) is 0.294. The molecule has 1 unspecified atom stereocenters. The third kappa shape index (κ3) is 3.76. The first-order valence-corrected chi connectivity index (χ1v) is 7.52. The average Bonchev–Trinajstić information content (AvgIpc) is 2.39. The fourth-order valence-electron chi connectivity index (χ4n) is 2.20. The molecule has 2 N–H and O–H groups in total. The first-order valence-electron chi connectivity index (χ1n) is 6.76. The molecule has 0 aliphatic carbocycles. The first kappa shape index (κ1) is 15.4. The van der Waals surface area contributed by atoms with Crippen LogP contribution in [0.5, 0.6) is 0 Å². The van der Waals surface area contributed by atoms with E-state index in [0.717, 1.165) is 12.0 Å². The summed E-state index contributed by atoms with van der Waals surface area (Å²) in [6, 6.07) is 13.9. The molecule has 0 aliphatic rings. The van der Waals surface area contributed by atoms with Gasteiger partial charge < -0.3 is 5.73 Å². The molecule has 3 heteroatoms. The van der Waals surface area contributed by atoms with Crippen LogP contribution in [0, 0.1) is 0 Å². The van der Waals surface area contributed by atoms with E-state index in [0.29, 0.717) is 16.0 Å². The number of hydrogen-bond acceptors (Lipinski definition) is 1. The van der Waals surface area contributed by atoms with Gasteiger partial charge in [-0.3, -0.25) is 0 Å². The Labute approximate surface area is 130 Å². The standard InChI is InChI=1S/C17H19Cl2N/c1-11(2)13-5-3-12(4-6-13)9-17(20)15-8-7-14(18)10-16(15)19/h3-8,10-11,17H,9,20H2,1-2H3. The molecule has 0 saturated heterocycles. The zero-order chi connectivity index (χ0) is 14.7. The lowest BCUT2D eigenvalue weighted by atomic mass is 9.96. The van der Waals surface area contributed by atoms with Gasteiger partial charge in [0.1, 0.15) is 0 Å². The van der Waals surface area contributed by atoms with Crippen molar-refractivity contribution in [2.45, 2.75) is 32.2 Å². The molecule has 0 saturated carbocycles. The van der Waals surface area contributed by atoms with Crippen LogP contribution in [0.2, 0.25) is 10.0 Å². The maximum Gasteiger partial charge on any atom is 0.0468 e. The molecule has 0 aromatic heterocycles. The monoisotopic (exact) mass is 307 g/mol. The summed E-state index contributed by atoms with van der Waals surface area (Å²) < 4.78 is 0. The Bertz CT molecular complexity index is 576. The Hall–Kier alpha value is -1.02. The molecular weight excluding hydrogens is 289 g/mol. The van der Waals surface area contributed by atoms with E-state index in [1.54, 1.807) is 6.07 Å². The van der Waals surface area contributed by atoms with Gasteiger partial charge in [0.2, 0.25) is 0 Å². The van der Waals surface area contributed by atoms with Gasteiger partial charge in [-0.25, -0.2) is 0 Å². The minimum Gasteiger partial charge on any atom is -0.324 e. The number of halogens is 2. The predicted octanol–water partition coefficient (Wildman–Crippen LogP) is 5.36. The largest absolute Gasteiger partial charge is 0.324 e. The maximum absolute atomic E-state index is 6.25. The van der Waals surface area contributed by atoms with Crippen molar-refractivity contribution in [3.8, 4) is 0 Å². The third-order valence-electron chi connectivity index (χ3n) is 3.46. The molecule has 0 radical (unpaired) electrons. The van der Waals surface area contributed by atoms with Gasteiger partial charge in [-0.05, 0) is 41.2 Å². The third-order valence-corrected chi connectivity index (χ3v) is 4.03. The number of benzene rings is 2. The second-order valence-electron chi connectivity index (χ2n) is 5.37. The van der Waals surface area contributed by atoms with Crippen molar-refractivity contribution in [3.63, 3.8) is 0 Å². The van der Waals surface area contributed by atoms with Crippen molar-refractivity contribution in [1.82, 2.24) is 0 Å². The summed E-state index contributed by atoms with van der Waals surface area (Å²) in [5.41, 5.74) is 9.74. The molecule has 2 rings (SSSR count). The number of hydrogen-bond donors (Lipinski definition) is 1. The molecular formula is C17H19Cl2N. The summed E-state index contributed by atoms with van der Waals surface area (Å²) in [6.07, 6.45) is 0.764. The topological polar surface area (TPSA) is 26.0 Å². The van der Waals surface area contributed by atoms with Gasteiger partial charge in [-0.15, -0.1) is 0 Å². The molecule has 2 aromatic rings. The van der Waals surface area contributed by atoms with Gasteiger partial charge in [0.05, 0.1) is 0 Å². The van der Waals surface area contributed by atoms with E-state index in [4.69, 9.17) is 28.9 Å². The quantitative estimate of drug-likeness (QED) is 0.808. The lowest BCUT2D eigenvalue weighted by molar-refractivity contribution is 0.721. The summed E-state index contributed by atoms with van der Waals surface area (Å²) in [7, 11) is 0. The highest BCUT2D eigenvalue weighted by Gasteiger charge is 2.11. The molecule has 0 fully saturated rings. The molecule has 2 aromatic carbocycles. The Morgan fingerprint density at radius 3 is 2.20 bits per heavy atom. The van der Waals surface area contributed by atoms with E-state index in [2.05, 4.69) is 38.1 Å². The van der Waals surface area contributed by atoms with Crippen LogP contribution >= 0.6 is 23.2 Å². The minimum absolute atomic E-state index is 0.121. The van der Waals surface area contributed by atoms with Crippen LogP contribution in [-0.2, 0) is 6.42 Å². The van der Waals surface area contributed by atoms with E-state index in [-0.39, 0.29) is 6.04 Å². The molecule has 20 heavy (non-hydrogen) atoms. The minimum atomic E-state index is -0.121. The summed E-state index contributed by atoms with van der Waals surface area (Å²) >= 11 is 12.1. The molecule has 0 spiro atoms. The Kier molecular flexibility index (Phi) is 5.09. The lowest BCUT2D eigenvalue weighted by Gasteiger charge is -2.15. The van der Waals surface area contributed by atoms with E-state index in [9.17, 15) is 0 Å². The first-order chi connectivity index (χ1) is 9.47. The normalized spacial score (nSPS) is 12.7. The Morgan fingerprint density at radius 2 is 1.65 bits per heavy atom. The van der Waals surface area contributed by atoms with Gasteiger partial charge in [-0.1, -0.05) is 67.4 Å². The highest BCUT2D eigenvalue weighted by molar-refractivity contribution is 6.35. The number of rotatable bonds is 4. The van der Waals surface area contributed by atoms with Crippen molar-refractivity contribution in [1.29, 1.82) is 0 Å². The summed E-state index contributed by atoms with van der Waals surface area (Å²) in [4.78, 5) is 0. The van der Waals surface area contributed by atoms with Gasteiger partial charge in [-0.2, -0.15) is 0 Å². The fourth-order valence-corrected chi connectivity index (χ4v) is 2.75. The zero-order valence-electron chi connectivity index (χ0n) is 11.7. The van der Waals surface area contributed by atoms with E-state index >= 15 is 0 Å². The molecule has 106 valence electrons. The second kappa shape index (κ2) is 6.62. The van der Waals surface area contributed by atoms with E-state index < -0.39 is 0 Å². The molecule has 0 aliphatic heterocycles.